The number of aromatic hydroxyl groups is 1. The molecule has 1 aliphatic rings. The van der Waals surface area contributed by atoms with Crippen molar-refractivity contribution in [2.24, 2.45) is 0 Å². The minimum absolute atomic E-state index is 0.338. The molecule has 2 rings (SSSR count). The van der Waals surface area contributed by atoms with E-state index in [1.807, 2.05) is 34.7 Å². The van der Waals surface area contributed by atoms with Crippen molar-refractivity contribution < 1.29 is 5.11 Å². The molecule has 0 amide bonds. The van der Waals surface area contributed by atoms with Gasteiger partial charge in [-0.3, -0.25) is 0 Å². The summed E-state index contributed by atoms with van der Waals surface area (Å²) in [5.74, 6) is 1.22. The molecule has 1 heterocycles. The molecule has 1 aromatic carbocycles. The molecule has 0 saturated heterocycles. The minimum Gasteiger partial charge on any atom is -0.506 e. The molecule has 0 bridgehead atoms. The van der Waals surface area contributed by atoms with Gasteiger partial charge in [-0.25, -0.2) is 0 Å². The van der Waals surface area contributed by atoms with Crippen LogP contribution < -0.4 is 4.90 Å². The Kier molecular flexibility index (Phi) is 1.96. The monoisotopic (exact) mass is 179 g/mol. The molecule has 3 heteroatoms. The van der Waals surface area contributed by atoms with E-state index in [1.165, 1.54) is 0 Å². The van der Waals surface area contributed by atoms with Crippen molar-refractivity contribution in [3.63, 3.8) is 0 Å². The number of benzene rings is 1. The third-order valence-electron chi connectivity index (χ3n) is 1.74. The van der Waals surface area contributed by atoms with Crippen molar-refractivity contribution >= 4 is 17.4 Å². The maximum atomic E-state index is 9.49. The molecule has 1 aromatic rings. The van der Waals surface area contributed by atoms with Crippen molar-refractivity contribution in [1.29, 1.82) is 0 Å². The van der Waals surface area contributed by atoms with E-state index in [0.29, 0.717) is 5.75 Å². The van der Waals surface area contributed by atoms with Gasteiger partial charge in [0.2, 0.25) is 0 Å². The molecule has 0 fully saturated rings. The first-order valence-corrected chi connectivity index (χ1v) is 4.76. The van der Waals surface area contributed by atoms with Gasteiger partial charge in [-0.1, -0.05) is 12.1 Å². The standard InChI is InChI=1S/C9H9NOS/c11-9-4-2-1-3-8(9)10-5-6-12-7-10/h1-6,11H,7H2. The summed E-state index contributed by atoms with van der Waals surface area (Å²) in [5.41, 5.74) is 0.874. The first kappa shape index (κ1) is 7.55. The SMILES string of the molecule is Oc1ccccc1N1C=CSC1. The van der Waals surface area contributed by atoms with Crippen LogP contribution in [0, 0.1) is 0 Å². The molecule has 0 spiro atoms. The molecule has 0 atom stereocenters. The fourth-order valence-electron chi connectivity index (χ4n) is 1.14. The maximum absolute atomic E-state index is 9.49. The van der Waals surface area contributed by atoms with Crippen LogP contribution in [0.2, 0.25) is 0 Å². The molecule has 0 unspecified atom stereocenters. The Bertz CT molecular complexity index is 311. The molecular formula is C9H9NOS. The fourth-order valence-corrected chi connectivity index (χ4v) is 1.84. The Morgan fingerprint density at radius 3 is 2.83 bits per heavy atom. The number of phenols is 1. The third kappa shape index (κ3) is 1.28. The topological polar surface area (TPSA) is 23.5 Å². The van der Waals surface area contributed by atoms with E-state index in [-0.39, 0.29) is 0 Å². The Balaban J connectivity index is 2.33. The Morgan fingerprint density at radius 1 is 1.33 bits per heavy atom. The first-order valence-electron chi connectivity index (χ1n) is 3.71. The normalized spacial score (nSPS) is 15.5. The van der Waals surface area contributed by atoms with Crippen molar-refractivity contribution in [1.82, 2.24) is 0 Å². The number of phenolic OH excluding ortho intramolecular Hbond substituents is 1. The zero-order valence-electron chi connectivity index (χ0n) is 6.47. The van der Waals surface area contributed by atoms with Crippen LogP contribution >= 0.6 is 11.8 Å². The molecule has 12 heavy (non-hydrogen) atoms. The summed E-state index contributed by atoms with van der Waals surface area (Å²) < 4.78 is 0. The van der Waals surface area contributed by atoms with Gasteiger partial charge in [-0.15, -0.1) is 11.8 Å². The molecule has 62 valence electrons. The van der Waals surface area contributed by atoms with Crippen LogP contribution in [0.1, 0.15) is 0 Å². The van der Waals surface area contributed by atoms with Crippen LogP contribution in [0.5, 0.6) is 5.75 Å². The number of para-hydroxylation sites is 2. The number of thioether (sulfide) groups is 1. The molecule has 0 aromatic heterocycles. The Labute approximate surface area is 75.5 Å². The predicted octanol–water partition coefficient (Wildman–Crippen LogP) is 2.37. The van der Waals surface area contributed by atoms with Gasteiger partial charge in [-0.05, 0) is 17.5 Å². The minimum atomic E-state index is 0.338. The van der Waals surface area contributed by atoms with Crippen LogP contribution in [0.15, 0.2) is 35.9 Å². The van der Waals surface area contributed by atoms with Gasteiger partial charge < -0.3 is 10.0 Å². The van der Waals surface area contributed by atoms with Crippen molar-refractivity contribution in [3.05, 3.63) is 35.9 Å². The molecule has 0 radical (unpaired) electrons. The van der Waals surface area contributed by atoms with E-state index in [0.717, 1.165) is 11.6 Å². The second-order valence-corrected chi connectivity index (χ2v) is 3.40. The van der Waals surface area contributed by atoms with Crippen LogP contribution in [0.25, 0.3) is 0 Å². The van der Waals surface area contributed by atoms with E-state index < -0.39 is 0 Å². The predicted molar refractivity (Wildman–Crippen MR) is 52.2 cm³/mol. The summed E-state index contributed by atoms with van der Waals surface area (Å²) in [6, 6.07) is 7.36. The van der Waals surface area contributed by atoms with Crippen LogP contribution in [-0.2, 0) is 0 Å². The largest absolute Gasteiger partial charge is 0.506 e. The number of anilines is 1. The number of rotatable bonds is 1. The van der Waals surface area contributed by atoms with Crippen LogP contribution in [0.4, 0.5) is 5.69 Å². The summed E-state index contributed by atoms with van der Waals surface area (Å²) in [7, 11) is 0. The van der Waals surface area contributed by atoms with Gasteiger partial charge in [0.15, 0.2) is 0 Å². The molecule has 1 aliphatic heterocycles. The highest BCUT2D eigenvalue weighted by molar-refractivity contribution is 8.02. The second-order valence-electron chi connectivity index (χ2n) is 2.54. The summed E-state index contributed by atoms with van der Waals surface area (Å²) in [6.07, 6.45) is 1.97. The number of nitrogens with zero attached hydrogens (tertiary/aromatic N) is 1. The van der Waals surface area contributed by atoms with Gasteiger partial charge >= 0.3 is 0 Å². The average molecular weight is 179 g/mol. The highest BCUT2D eigenvalue weighted by Crippen LogP contribution is 2.30. The van der Waals surface area contributed by atoms with Gasteiger partial charge in [-0.2, -0.15) is 0 Å². The maximum Gasteiger partial charge on any atom is 0.139 e. The number of hydrogen-bond donors (Lipinski definition) is 1. The quantitative estimate of drug-likeness (QED) is 0.716. The van der Waals surface area contributed by atoms with E-state index in [2.05, 4.69) is 0 Å². The lowest BCUT2D eigenvalue weighted by atomic mass is 10.3. The molecule has 2 nitrogen and oxygen atoms in total. The van der Waals surface area contributed by atoms with E-state index in [9.17, 15) is 5.11 Å². The smallest absolute Gasteiger partial charge is 0.139 e. The summed E-state index contributed by atoms with van der Waals surface area (Å²) in [6.45, 7) is 0. The fraction of sp³-hybridized carbons (Fsp3) is 0.111. The highest BCUT2D eigenvalue weighted by Gasteiger charge is 2.09. The van der Waals surface area contributed by atoms with Crippen molar-refractivity contribution in [3.8, 4) is 5.75 Å². The second kappa shape index (κ2) is 3.11. The van der Waals surface area contributed by atoms with Crippen LogP contribution in [0.3, 0.4) is 0 Å². The number of hydrogen-bond acceptors (Lipinski definition) is 3. The molecule has 1 N–H and O–H groups in total. The molecule has 0 aliphatic carbocycles. The van der Waals surface area contributed by atoms with Crippen molar-refractivity contribution in [2.45, 2.75) is 0 Å². The average Bonchev–Trinajstić information content (AvgIpc) is 2.57. The lowest BCUT2D eigenvalue weighted by Gasteiger charge is -2.15. The molecule has 0 saturated carbocycles. The van der Waals surface area contributed by atoms with E-state index in [1.54, 1.807) is 17.8 Å². The van der Waals surface area contributed by atoms with Gasteiger partial charge in [0.25, 0.3) is 0 Å². The highest BCUT2D eigenvalue weighted by atomic mass is 32.2. The lowest BCUT2D eigenvalue weighted by Crippen LogP contribution is -2.10. The van der Waals surface area contributed by atoms with Gasteiger partial charge in [0.1, 0.15) is 5.75 Å². The summed E-state index contributed by atoms with van der Waals surface area (Å²) in [4.78, 5) is 2.01. The Morgan fingerprint density at radius 2 is 2.17 bits per heavy atom. The summed E-state index contributed by atoms with van der Waals surface area (Å²) in [5, 5.41) is 11.5. The van der Waals surface area contributed by atoms with Crippen molar-refractivity contribution in [2.75, 3.05) is 10.8 Å². The van der Waals surface area contributed by atoms with Crippen LogP contribution in [-0.4, -0.2) is 11.0 Å². The zero-order valence-corrected chi connectivity index (χ0v) is 7.29. The third-order valence-corrected chi connectivity index (χ3v) is 2.48. The lowest BCUT2D eigenvalue weighted by molar-refractivity contribution is 0.476. The zero-order chi connectivity index (χ0) is 8.39. The van der Waals surface area contributed by atoms with Gasteiger partial charge in [0, 0.05) is 6.20 Å². The summed E-state index contributed by atoms with van der Waals surface area (Å²) >= 11 is 1.72. The van der Waals surface area contributed by atoms with Gasteiger partial charge in [0.05, 0.1) is 11.6 Å². The van der Waals surface area contributed by atoms with E-state index in [4.69, 9.17) is 0 Å². The molecular weight excluding hydrogens is 170 g/mol. The van der Waals surface area contributed by atoms with E-state index >= 15 is 0 Å². The Hall–Kier alpha value is -1.09. The first-order chi connectivity index (χ1) is 5.88.